The smallest absolute Gasteiger partial charge is 0.222 e. The van der Waals surface area contributed by atoms with Gasteiger partial charge in [-0.2, -0.15) is 0 Å². The molecule has 2 N–H and O–H groups in total. The highest BCUT2D eigenvalue weighted by Crippen LogP contribution is 2.47. The molecule has 1 aliphatic carbocycles. The molecule has 1 fully saturated rings. The molecule has 1 aliphatic rings. The van der Waals surface area contributed by atoms with E-state index in [2.05, 4.69) is 44.9 Å². The molecule has 2 aromatic rings. The number of hydrogen-bond acceptors (Lipinski definition) is 4. The molecular weight excluding hydrogens is 276 g/mol. The molecule has 1 aromatic carbocycles. The lowest BCUT2D eigenvalue weighted by Crippen LogP contribution is -2.33. The summed E-state index contributed by atoms with van der Waals surface area (Å²) >= 11 is 0. The van der Waals surface area contributed by atoms with Crippen molar-refractivity contribution in [2.24, 2.45) is 0 Å². The van der Waals surface area contributed by atoms with Gasteiger partial charge in [0.25, 0.3) is 0 Å². The molecule has 0 atom stereocenters. The predicted molar refractivity (Wildman–Crippen MR) is 85.5 cm³/mol. The number of rotatable bonds is 7. The minimum Gasteiger partial charge on any atom is -0.355 e. The van der Waals surface area contributed by atoms with Crippen LogP contribution in [0.2, 0.25) is 0 Å². The van der Waals surface area contributed by atoms with E-state index in [0.717, 1.165) is 19.4 Å². The van der Waals surface area contributed by atoms with Gasteiger partial charge in [-0.05, 0) is 24.5 Å². The molecule has 5 nitrogen and oxygen atoms in total. The topological polar surface area (TPSA) is 66.9 Å². The van der Waals surface area contributed by atoms with Gasteiger partial charge in [-0.1, -0.05) is 30.3 Å². The van der Waals surface area contributed by atoms with E-state index in [1.54, 1.807) is 18.5 Å². The van der Waals surface area contributed by atoms with Gasteiger partial charge in [0.05, 0.1) is 0 Å². The SMILES string of the molecule is O=C(CCNc1ncccn1)NCC1(c2ccccc2)CC1. The lowest BCUT2D eigenvalue weighted by atomic mass is 9.96. The van der Waals surface area contributed by atoms with Crippen LogP contribution in [0.1, 0.15) is 24.8 Å². The standard InChI is InChI=1S/C17H20N4O/c22-15(7-12-20-16-18-10-4-11-19-16)21-13-17(8-9-17)14-5-2-1-3-6-14/h1-6,10-11H,7-9,12-13H2,(H,21,22)(H,18,19,20). The molecule has 114 valence electrons. The van der Waals surface area contributed by atoms with Crippen molar-refractivity contribution in [1.29, 1.82) is 0 Å². The highest BCUT2D eigenvalue weighted by molar-refractivity contribution is 5.76. The van der Waals surface area contributed by atoms with Crippen LogP contribution in [-0.2, 0) is 10.2 Å². The summed E-state index contributed by atoms with van der Waals surface area (Å²) in [7, 11) is 0. The van der Waals surface area contributed by atoms with E-state index in [0.29, 0.717) is 18.9 Å². The Hall–Kier alpha value is -2.43. The fraction of sp³-hybridized carbons (Fsp3) is 0.353. The highest BCUT2D eigenvalue weighted by Gasteiger charge is 2.44. The molecule has 22 heavy (non-hydrogen) atoms. The van der Waals surface area contributed by atoms with Gasteiger partial charge in [-0.25, -0.2) is 9.97 Å². The lowest BCUT2D eigenvalue weighted by molar-refractivity contribution is -0.120. The zero-order valence-electron chi connectivity index (χ0n) is 12.5. The van der Waals surface area contributed by atoms with Gasteiger partial charge >= 0.3 is 0 Å². The number of hydrogen-bond donors (Lipinski definition) is 2. The largest absolute Gasteiger partial charge is 0.355 e. The van der Waals surface area contributed by atoms with E-state index in [1.807, 2.05) is 6.07 Å². The van der Waals surface area contributed by atoms with Crippen LogP contribution in [0.4, 0.5) is 5.95 Å². The van der Waals surface area contributed by atoms with Crippen LogP contribution in [-0.4, -0.2) is 29.0 Å². The maximum absolute atomic E-state index is 11.9. The van der Waals surface area contributed by atoms with Crippen LogP contribution in [0.15, 0.2) is 48.8 Å². The Bertz CT molecular complexity index is 611. The number of nitrogens with one attached hydrogen (secondary N) is 2. The minimum absolute atomic E-state index is 0.0608. The molecule has 1 aromatic heterocycles. The van der Waals surface area contributed by atoms with Gasteiger partial charge in [0.15, 0.2) is 0 Å². The number of anilines is 1. The van der Waals surface area contributed by atoms with Crippen LogP contribution in [0.5, 0.6) is 0 Å². The average molecular weight is 296 g/mol. The van der Waals surface area contributed by atoms with Crippen molar-refractivity contribution < 1.29 is 4.79 Å². The third-order valence-corrected chi connectivity index (χ3v) is 4.06. The van der Waals surface area contributed by atoms with Crippen LogP contribution in [0.3, 0.4) is 0 Å². The summed E-state index contributed by atoms with van der Waals surface area (Å²) in [6, 6.07) is 12.2. The summed E-state index contributed by atoms with van der Waals surface area (Å²) in [4.78, 5) is 20.1. The van der Waals surface area contributed by atoms with Crippen molar-refractivity contribution in [3.8, 4) is 0 Å². The van der Waals surface area contributed by atoms with Gasteiger partial charge in [0.2, 0.25) is 11.9 Å². The fourth-order valence-corrected chi connectivity index (χ4v) is 2.54. The molecule has 0 unspecified atom stereocenters. The van der Waals surface area contributed by atoms with E-state index >= 15 is 0 Å². The van der Waals surface area contributed by atoms with Crippen molar-refractivity contribution in [3.05, 3.63) is 54.4 Å². The number of amides is 1. The molecule has 0 bridgehead atoms. The summed E-state index contributed by atoms with van der Waals surface area (Å²) in [5, 5.41) is 6.09. The number of aromatic nitrogens is 2. The lowest BCUT2D eigenvalue weighted by Gasteiger charge is -2.16. The van der Waals surface area contributed by atoms with E-state index in [4.69, 9.17) is 0 Å². The summed E-state index contributed by atoms with van der Waals surface area (Å²) in [6.45, 7) is 1.26. The highest BCUT2D eigenvalue weighted by atomic mass is 16.1. The summed E-state index contributed by atoms with van der Waals surface area (Å²) in [5.74, 6) is 0.615. The number of carbonyl (C=O) groups is 1. The second kappa shape index (κ2) is 6.56. The Labute approximate surface area is 130 Å². The average Bonchev–Trinajstić information content (AvgIpc) is 3.36. The molecule has 3 rings (SSSR count). The first-order chi connectivity index (χ1) is 10.8. The maximum atomic E-state index is 11.9. The second-order valence-corrected chi connectivity index (χ2v) is 5.67. The predicted octanol–water partition coefficient (Wildman–Crippen LogP) is 2.13. The van der Waals surface area contributed by atoms with Gasteiger partial charge in [0, 0.05) is 37.3 Å². The number of nitrogens with zero attached hydrogens (tertiary/aromatic N) is 2. The molecule has 0 spiro atoms. The van der Waals surface area contributed by atoms with Gasteiger partial charge in [-0.15, -0.1) is 0 Å². The quantitative estimate of drug-likeness (QED) is 0.821. The van der Waals surface area contributed by atoms with Gasteiger partial charge < -0.3 is 10.6 Å². The molecule has 1 heterocycles. The summed E-state index contributed by atoms with van der Waals surface area (Å²) in [6.07, 6.45) is 6.06. The van der Waals surface area contributed by atoms with Crippen molar-refractivity contribution in [2.75, 3.05) is 18.4 Å². The Kier molecular flexibility index (Phi) is 4.32. The molecule has 5 heteroatoms. The summed E-state index contributed by atoms with van der Waals surface area (Å²) < 4.78 is 0. The summed E-state index contributed by atoms with van der Waals surface area (Å²) in [5.41, 5.74) is 1.48. The molecule has 0 radical (unpaired) electrons. The van der Waals surface area contributed by atoms with E-state index < -0.39 is 0 Å². The Morgan fingerprint density at radius 1 is 1.09 bits per heavy atom. The zero-order chi connectivity index (χ0) is 15.3. The first-order valence-electron chi connectivity index (χ1n) is 7.62. The van der Waals surface area contributed by atoms with Gasteiger partial charge in [-0.3, -0.25) is 4.79 Å². The third kappa shape index (κ3) is 3.61. The zero-order valence-corrected chi connectivity index (χ0v) is 12.5. The van der Waals surface area contributed by atoms with Crippen LogP contribution in [0, 0.1) is 0 Å². The van der Waals surface area contributed by atoms with Crippen molar-refractivity contribution in [3.63, 3.8) is 0 Å². The van der Waals surface area contributed by atoms with E-state index in [-0.39, 0.29) is 11.3 Å². The normalized spacial score (nSPS) is 15.1. The second-order valence-electron chi connectivity index (χ2n) is 5.67. The first-order valence-corrected chi connectivity index (χ1v) is 7.62. The van der Waals surface area contributed by atoms with E-state index in [9.17, 15) is 4.79 Å². The Morgan fingerprint density at radius 2 is 1.82 bits per heavy atom. The third-order valence-electron chi connectivity index (χ3n) is 4.06. The minimum atomic E-state index is 0.0608. The molecule has 1 amide bonds. The molecule has 1 saturated carbocycles. The van der Waals surface area contributed by atoms with E-state index in [1.165, 1.54) is 5.56 Å². The van der Waals surface area contributed by atoms with Gasteiger partial charge in [0.1, 0.15) is 0 Å². The van der Waals surface area contributed by atoms with Crippen LogP contribution in [0.25, 0.3) is 0 Å². The number of benzene rings is 1. The molecule has 0 saturated heterocycles. The maximum Gasteiger partial charge on any atom is 0.222 e. The van der Waals surface area contributed by atoms with Crippen molar-refractivity contribution in [2.45, 2.75) is 24.7 Å². The van der Waals surface area contributed by atoms with Crippen LogP contribution < -0.4 is 10.6 Å². The Morgan fingerprint density at radius 3 is 2.50 bits per heavy atom. The van der Waals surface area contributed by atoms with Crippen molar-refractivity contribution in [1.82, 2.24) is 15.3 Å². The Balaban J connectivity index is 1.41. The molecule has 0 aliphatic heterocycles. The monoisotopic (exact) mass is 296 g/mol. The number of carbonyl (C=O) groups excluding carboxylic acids is 1. The fourth-order valence-electron chi connectivity index (χ4n) is 2.54. The first kappa shape index (κ1) is 14.5. The van der Waals surface area contributed by atoms with Crippen LogP contribution >= 0.6 is 0 Å². The van der Waals surface area contributed by atoms with Crippen molar-refractivity contribution >= 4 is 11.9 Å². The molecular formula is C17H20N4O.